The van der Waals surface area contributed by atoms with Gasteiger partial charge in [-0.05, 0) is 54.1 Å². The van der Waals surface area contributed by atoms with E-state index in [4.69, 9.17) is 4.74 Å². The molecule has 28 heavy (non-hydrogen) atoms. The molecule has 1 atom stereocenters. The smallest absolute Gasteiger partial charge is 0.255 e. The molecule has 0 unspecified atom stereocenters. The minimum Gasteiger partial charge on any atom is -0.497 e. The Balaban J connectivity index is 1.73. The molecule has 142 valence electrons. The van der Waals surface area contributed by atoms with Crippen molar-refractivity contribution in [3.63, 3.8) is 0 Å². The molecule has 3 aromatic rings. The molecule has 0 bridgehead atoms. The van der Waals surface area contributed by atoms with Crippen LogP contribution in [0.25, 0.3) is 0 Å². The lowest BCUT2D eigenvalue weighted by atomic mass is 9.95. The predicted molar refractivity (Wildman–Crippen MR) is 105 cm³/mol. The van der Waals surface area contributed by atoms with Crippen molar-refractivity contribution in [1.82, 2.24) is 20.2 Å². The number of ether oxygens (including phenoxy) is 1. The molecule has 1 aliphatic rings. The van der Waals surface area contributed by atoms with Crippen LogP contribution in [-0.4, -0.2) is 33.2 Å². The maximum atomic E-state index is 13.2. The average molecular weight is 376 g/mol. The van der Waals surface area contributed by atoms with Crippen molar-refractivity contribution < 1.29 is 9.53 Å². The van der Waals surface area contributed by atoms with Crippen LogP contribution in [0, 0.1) is 6.92 Å². The highest BCUT2D eigenvalue weighted by molar-refractivity contribution is 6.06. The lowest BCUT2D eigenvalue weighted by molar-refractivity contribution is -0.113. The number of tetrazole rings is 1. The molecule has 2 N–H and O–H groups in total. The first-order valence-corrected chi connectivity index (χ1v) is 8.84. The van der Waals surface area contributed by atoms with Crippen LogP contribution in [-0.2, 0) is 4.79 Å². The fourth-order valence-electron chi connectivity index (χ4n) is 3.24. The third kappa shape index (κ3) is 3.20. The molecule has 2 aromatic carbocycles. The Bertz CT molecular complexity index is 1040. The Kier molecular flexibility index (Phi) is 4.52. The van der Waals surface area contributed by atoms with E-state index in [-0.39, 0.29) is 5.91 Å². The van der Waals surface area contributed by atoms with Gasteiger partial charge in [0.15, 0.2) is 0 Å². The van der Waals surface area contributed by atoms with Crippen molar-refractivity contribution >= 4 is 17.5 Å². The number of benzene rings is 2. The molecular formula is C20H20N6O2. The highest BCUT2D eigenvalue weighted by Gasteiger charge is 2.34. The summed E-state index contributed by atoms with van der Waals surface area (Å²) in [4.78, 5) is 13.2. The molecule has 0 saturated carbocycles. The normalized spacial score (nSPS) is 15.6. The van der Waals surface area contributed by atoms with Gasteiger partial charge in [-0.3, -0.25) is 4.79 Å². The van der Waals surface area contributed by atoms with Crippen molar-refractivity contribution in [2.24, 2.45) is 0 Å². The molecule has 1 aromatic heterocycles. The largest absolute Gasteiger partial charge is 0.497 e. The van der Waals surface area contributed by atoms with Gasteiger partial charge in [-0.2, -0.15) is 4.68 Å². The van der Waals surface area contributed by atoms with Crippen LogP contribution in [0.15, 0.2) is 59.8 Å². The quantitative estimate of drug-likeness (QED) is 0.727. The number of aryl methyl sites for hydroxylation is 1. The molecule has 0 saturated heterocycles. The van der Waals surface area contributed by atoms with Crippen molar-refractivity contribution in [3.8, 4) is 5.75 Å². The molecule has 1 amide bonds. The molecule has 0 fully saturated rings. The van der Waals surface area contributed by atoms with Crippen molar-refractivity contribution in [2.45, 2.75) is 19.9 Å². The zero-order valence-corrected chi connectivity index (χ0v) is 15.8. The molecule has 0 spiro atoms. The molecule has 8 heteroatoms. The van der Waals surface area contributed by atoms with Gasteiger partial charge >= 0.3 is 0 Å². The van der Waals surface area contributed by atoms with Gasteiger partial charge in [0.25, 0.3) is 5.91 Å². The molecule has 1 aliphatic heterocycles. The Labute approximate surface area is 162 Å². The van der Waals surface area contributed by atoms with Crippen LogP contribution in [0.4, 0.5) is 11.6 Å². The van der Waals surface area contributed by atoms with E-state index >= 15 is 0 Å². The third-order valence-electron chi connectivity index (χ3n) is 4.70. The number of carbonyl (C=O) groups is 1. The number of fused-ring (bicyclic) bond motifs is 1. The van der Waals surface area contributed by atoms with Crippen LogP contribution in [0.1, 0.15) is 24.1 Å². The van der Waals surface area contributed by atoms with E-state index in [2.05, 4.69) is 26.2 Å². The summed E-state index contributed by atoms with van der Waals surface area (Å²) in [5, 5.41) is 17.9. The maximum Gasteiger partial charge on any atom is 0.255 e. The van der Waals surface area contributed by atoms with Gasteiger partial charge in [0.05, 0.1) is 12.7 Å². The van der Waals surface area contributed by atoms with E-state index in [1.54, 1.807) is 11.8 Å². The number of aromatic nitrogens is 4. The SMILES string of the molecule is COc1ccc([C@@H]2C(C(=O)Nc3ccc(C)cc3)=C(C)Nc3nnnn32)cc1. The maximum absolute atomic E-state index is 13.2. The average Bonchev–Trinajstić information content (AvgIpc) is 3.16. The summed E-state index contributed by atoms with van der Waals surface area (Å²) in [6.07, 6.45) is 0. The minimum absolute atomic E-state index is 0.212. The lowest BCUT2D eigenvalue weighted by Crippen LogP contribution is -2.31. The Hall–Kier alpha value is -3.68. The predicted octanol–water partition coefficient (Wildman–Crippen LogP) is 2.92. The summed E-state index contributed by atoms with van der Waals surface area (Å²) in [5.41, 5.74) is 3.98. The van der Waals surface area contributed by atoms with Crippen LogP contribution < -0.4 is 15.4 Å². The fraction of sp³-hybridized carbons (Fsp3) is 0.200. The summed E-state index contributed by atoms with van der Waals surface area (Å²) in [6, 6.07) is 14.7. The van der Waals surface area contributed by atoms with Crippen LogP contribution in [0.3, 0.4) is 0 Å². The van der Waals surface area contributed by atoms with Gasteiger partial charge in [-0.15, -0.1) is 0 Å². The van der Waals surface area contributed by atoms with Gasteiger partial charge in [-0.25, -0.2) is 0 Å². The van der Waals surface area contributed by atoms with Gasteiger partial charge in [0, 0.05) is 11.4 Å². The summed E-state index contributed by atoms with van der Waals surface area (Å²) in [5.74, 6) is 1.02. The van der Waals surface area contributed by atoms with Gasteiger partial charge < -0.3 is 15.4 Å². The first-order valence-electron chi connectivity index (χ1n) is 8.84. The number of amides is 1. The molecule has 2 heterocycles. The summed E-state index contributed by atoms with van der Waals surface area (Å²) in [6.45, 7) is 3.85. The van der Waals surface area contributed by atoms with Crippen molar-refractivity contribution in [2.75, 3.05) is 17.7 Å². The lowest BCUT2D eigenvalue weighted by Gasteiger charge is -2.28. The second-order valence-corrected chi connectivity index (χ2v) is 6.61. The summed E-state index contributed by atoms with van der Waals surface area (Å²) >= 11 is 0. The first-order chi connectivity index (χ1) is 13.6. The van der Waals surface area contributed by atoms with Crippen LogP contribution in [0.2, 0.25) is 0 Å². The number of anilines is 2. The monoisotopic (exact) mass is 376 g/mol. The number of hydrogen-bond donors (Lipinski definition) is 2. The zero-order valence-electron chi connectivity index (χ0n) is 15.8. The van der Waals surface area contributed by atoms with E-state index in [1.807, 2.05) is 62.4 Å². The van der Waals surface area contributed by atoms with Crippen molar-refractivity contribution in [3.05, 3.63) is 70.9 Å². The molecule has 4 rings (SSSR count). The van der Waals surface area contributed by atoms with E-state index in [1.165, 1.54) is 0 Å². The standard InChI is InChI=1S/C20H20N6O2/c1-12-4-8-15(9-5-12)22-19(27)17-13(2)21-20-23-24-25-26(20)18(17)14-6-10-16(28-3)11-7-14/h4-11,18H,1-3H3,(H,22,27)(H,21,23,25)/t18-/m1/s1. The van der Waals surface area contributed by atoms with E-state index < -0.39 is 6.04 Å². The Morgan fingerprint density at radius 3 is 2.50 bits per heavy atom. The van der Waals surface area contributed by atoms with Crippen LogP contribution >= 0.6 is 0 Å². The van der Waals surface area contributed by atoms with E-state index in [0.717, 1.165) is 22.6 Å². The number of allylic oxidation sites excluding steroid dienone is 1. The summed E-state index contributed by atoms with van der Waals surface area (Å²) < 4.78 is 6.85. The second-order valence-electron chi connectivity index (χ2n) is 6.61. The number of nitrogens with zero attached hydrogens (tertiary/aromatic N) is 4. The Morgan fingerprint density at radius 1 is 1.11 bits per heavy atom. The molecular weight excluding hydrogens is 356 g/mol. The fourth-order valence-corrected chi connectivity index (χ4v) is 3.24. The van der Waals surface area contributed by atoms with Gasteiger partial charge in [0.2, 0.25) is 5.95 Å². The highest BCUT2D eigenvalue weighted by atomic mass is 16.5. The number of carbonyl (C=O) groups excluding carboxylic acids is 1. The topological polar surface area (TPSA) is 94.0 Å². The molecule has 0 aliphatic carbocycles. The number of hydrogen-bond acceptors (Lipinski definition) is 6. The van der Waals surface area contributed by atoms with E-state index in [9.17, 15) is 4.79 Å². The summed E-state index contributed by atoms with van der Waals surface area (Å²) in [7, 11) is 1.61. The molecule has 8 nitrogen and oxygen atoms in total. The van der Waals surface area contributed by atoms with Gasteiger partial charge in [0.1, 0.15) is 11.8 Å². The van der Waals surface area contributed by atoms with Crippen LogP contribution in [0.5, 0.6) is 5.75 Å². The van der Waals surface area contributed by atoms with E-state index in [0.29, 0.717) is 17.2 Å². The Morgan fingerprint density at radius 2 is 1.82 bits per heavy atom. The third-order valence-corrected chi connectivity index (χ3v) is 4.70. The number of methoxy groups -OCH3 is 1. The first kappa shape index (κ1) is 17.7. The zero-order chi connectivity index (χ0) is 19.7. The van der Waals surface area contributed by atoms with Crippen molar-refractivity contribution in [1.29, 1.82) is 0 Å². The minimum atomic E-state index is -0.456. The number of nitrogens with one attached hydrogen (secondary N) is 2. The highest BCUT2D eigenvalue weighted by Crippen LogP contribution is 2.35. The molecule has 0 radical (unpaired) electrons. The second kappa shape index (κ2) is 7.15. The number of rotatable bonds is 4. The van der Waals surface area contributed by atoms with Gasteiger partial charge in [-0.1, -0.05) is 34.9 Å².